The summed E-state index contributed by atoms with van der Waals surface area (Å²) in [6.07, 6.45) is 1.77. The van der Waals surface area contributed by atoms with Crippen LogP contribution < -0.4 is 11.1 Å². The summed E-state index contributed by atoms with van der Waals surface area (Å²) in [4.78, 5) is 39.4. The van der Waals surface area contributed by atoms with Crippen LogP contribution in [-0.2, 0) is 36.3 Å². The lowest BCUT2D eigenvalue weighted by Crippen LogP contribution is -2.35. The Balaban J connectivity index is 5.61. The van der Waals surface area contributed by atoms with Gasteiger partial charge in [0, 0.05) is 31.0 Å². The van der Waals surface area contributed by atoms with Crippen molar-refractivity contribution in [1.82, 2.24) is 11.1 Å². The number of nitrogens with one attached hydrogen (secondary N) is 2. The zero-order valence-electron chi connectivity index (χ0n) is 27.1. The predicted octanol–water partition coefficient (Wildman–Crippen LogP) is 5.38. The Hall–Kier alpha value is 0.0700. The first-order valence-electron chi connectivity index (χ1n) is 15.1. The van der Waals surface area contributed by atoms with Gasteiger partial charge in [0.25, 0.3) is 0 Å². The number of rotatable bonds is 28. The summed E-state index contributed by atoms with van der Waals surface area (Å²) in [6.45, 7) is 8.19. The highest BCUT2D eigenvalue weighted by Crippen LogP contribution is 2.53. The molecule has 0 fully saturated rings. The van der Waals surface area contributed by atoms with E-state index in [0.717, 1.165) is 0 Å². The van der Waals surface area contributed by atoms with Gasteiger partial charge in [0.05, 0.1) is 31.0 Å². The van der Waals surface area contributed by atoms with E-state index in [0.29, 0.717) is 12.8 Å². The number of aliphatic hydroxyl groups is 1. The molecule has 20 heteroatoms. The van der Waals surface area contributed by atoms with Gasteiger partial charge in [0.15, 0.2) is 0 Å². The molecule has 8 atom stereocenters. The number of hydrogen-bond acceptors (Lipinski definition) is 11. The van der Waals surface area contributed by atoms with Gasteiger partial charge >= 0.3 is 23.5 Å². The van der Waals surface area contributed by atoms with Gasteiger partial charge < -0.3 is 24.7 Å². The maximum Gasteiger partial charge on any atom is 0.472 e. The van der Waals surface area contributed by atoms with Crippen LogP contribution >= 0.6 is 23.5 Å². The highest BCUT2D eigenvalue weighted by Gasteiger charge is 2.41. The van der Waals surface area contributed by atoms with E-state index in [1.165, 1.54) is 26.3 Å². The minimum Gasteiger partial charge on any atom is -0.396 e. The molecular formula is C25H55F2N2O13P3. The first kappa shape index (κ1) is 45.1. The maximum atomic E-state index is 13.1. The molecule has 0 aromatic carbocycles. The highest BCUT2D eigenvalue weighted by molar-refractivity contribution is 7.47. The van der Waals surface area contributed by atoms with E-state index in [9.17, 15) is 37.6 Å². The van der Waals surface area contributed by atoms with E-state index in [1.807, 2.05) is 6.92 Å². The second kappa shape index (κ2) is 21.2. The van der Waals surface area contributed by atoms with E-state index < -0.39 is 78.4 Å². The molecule has 0 aliphatic heterocycles. The smallest absolute Gasteiger partial charge is 0.396 e. The average molecular weight is 723 g/mol. The third kappa shape index (κ3) is 20.2. The van der Waals surface area contributed by atoms with E-state index in [-0.39, 0.29) is 51.6 Å². The highest BCUT2D eigenvalue weighted by atomic mass is 31.2. The topological polar surface area (TPSA) is 223 Å². The van der Waals surface area contributed by atoms with Gasteiger partial charge in [-0.3, -0.25) is 22.6 Å². The van der Waals surface area contributed by atoms with Crippen LogP contribution in [0.25, 0.3) is 0 Å². The Morgan fingerprint density at radius 2 is 1.27 bits per heavy atom. The third-order valence-electron chi connectivity index (χ3n) is 7.26. The summed E-state index contributed by atoms with van der Waals surface area (Å²) in [5.74, 6) is -1.33. The van der Waals surface area contributed by atoms with Crippen molar-refractivity contribution in [2.45, 2.75) is 123 Å². The van der Waals surface area contributed by atoms with Gasteiger partial charge in [-0.2, -0.15) is 11.1 Å². The Morgan fingerprint density at radius 1 is 0.756 bits per heavy atom. The van der Waals surface area contributed by atoms with Crippen LogP contribution in [0.15, 0.2) is 0 Å². The SMILES string of the molecule is CCCC(C)(CC(COP(=O)(O)O)CC(C)NF)OP(=O)(O)OCCC(CC)(CCC)OP(=O)(O)OCC(CO)CC(C)NF. The molecule has 45 heavy (non-hydrogen) atoms. The third-order valence-corrected chi connectivity index (χ3v) is 10.0. The van der Waals surface area contributed by atoms with Crippen molar-refractivity contribution in [3.05, 3.63) is 0 Å². The zero-order chi connectivity index (χ0) is 35.0. The normalized spacial score (nSPS) is 20.7. The Labute approximate surface area is 265 Å². The first-order valence-corrected chi connectivity index (χ1v) is 19.6. The van der Waals surface area contributed by atoms with Crippen molar-refractivity contribution in [3.8, 4) is 0 Å². The molecule has 0 bridgehead atoms. The van der Waals surface area contributed by atoms with Gasteiger partial charge in [-0.25, -0.2) is 13.7 Å². The van der Waals surface area contributed by atoms with Gasteiger partial charge in [-0.05, 0) is 65.2 Å². The molecule has 0 aromatic heterocycles. The molecule has 0 spiro atoms. The monoisotopic (exact) mass is 722 g/mol. The predicted molar refractivity (Wildman–Crippen MR) is 163 cm³/mol. The minimum atomic E-state index is -4.84. The lowest BCUT2D eigenvalue weighted by Gasteiger charge is -2.36. The van der Waals surface area contributed by atoms with Crippen LogP contribution in [0.3, 0.4) is 0 Å². The lowest BCUT2D eigenvalue weighted by molar-refractivity contribution is -0.0224. The van der Waals surface area contributed by atoms with E-state index in [2.05, 4.69) is 4.52 Å². The molecule has 8 unspecified atom stereocenters. The van der Waals surface area contributed by atoms with Gasteiger partial charge in [0.2, 0.25) is 0 Å². The molecule has 15 nitrogen and oxygen atoms in total. The average Bonchev–Trinajstić information content (AvgIpc) is 2.92. The molecule has 0 saturated heterocycles. The summed E-state index contributed by atoms with van der Waals surface area (Å²) in [5, 5.41) is 9.52. The fourth-order valence-corrected chi connectivity index (χ4v) is 7.99. The standard InChI is InChI=1S/C25H55F2N2O13P3/c1-7-10-24(6,16-22(14-20(4)28-26)18-39-43(31,32)33)41-44(34,35)38-13-12-25(9-3,11-8-2)42-45(36,37)40-19-23(17-30)15-21(5)29-27/h20-23,28-30H,7-19H2,1-6H3,(H,34,35)(H,36,37)(H2,31,32,33). The van der Waals surface area contributed by atoms with Crippen molar-refractivity contribution in [2.75, 3.05) is 26.4 Å². The molecular weight excluding hydrogens is 667 g/mol. The summed E-state index contributed by atoms with van der Waals surface area (Å²) in [5.41, 5.74) is 0.446. The van der Waals surface area contributed by atoms with E-state index in [4.69, 9.17) is 27.9 Å². The fourth-order valence-electron chi connectivity index (χ4n) is 5.23. The van der Waals surface area contributed by atoms with Gasteiger partial charge in [-0.1, -0.05) is 33.6 Å². The fraction of sp³-hybridized carbons (Fsp3) is 1.00. The van der Waals surface area contributed by atoms with Crippen molar-refractivity contribution in [2.24, 2.45) is 11.8 Å². The Kier molecular flexibility index (Phi) is 21.3. The molecule has 0 heterocycles. The number of hydrogen-bond donors (Lipinski definition) is 7. The molecule has 272 valence electrons. The van der Waals surface area contributed by atoms with Crippen LogP contribution in [-0.4, -0.2) is 74.4 Å². The minimum absolute atomic E-state index is 0.0291. The Morgan fingerprint density at radius 3 is 1.73 bits per heavy atom. The lowest BCUT2D eigenvalue weighted by atomic mass is 9.86. The Bertz CT molecular complexity index is 969. The second-order valence-corrected chi connectivity index (χ2v) is 15.9. The molecule has 0 radical (unpaired) electrons. The molecule has 0 rings (SSSR count). The van der Waals surface area contributed by atoms with Crippen LogP contribution in [0.5, 0.6) is 0 Å². The van der Waals surface area contributed by atoms with Gasteiger partial charge in [0.1, 0.15) is 0 Å². The maximum absolute atomic E-state index is 13.1. The number of phosphoric ester groups is 3. The zero-order valence-corrected chi connectivity index (χ0v) is 29.8. The summed E-state index contributed by atoms with van der Waals surface area (Å²) in [7, 11) is -14.3. The second-order valence-electron chi connectivity index (χ2n) is 11.9. The largest absolute Gasteiger partial charge is 0.472 e. The van der Waals surface area contributed by atoms with Crippen LogP contribution in [0.2, 0.25) is 0 Å². The molecule has 0 aliphatic carbocycles. The number of phosphoric acid groups is 3. The van der Waals surface area contributed by atoms with Crippen LogP contribution in [0, 0.1) is 11.8 Å². The van der Waals surface area contributed by atoms with Crippen LogP contribution in [0.1, 0.15) is 99.3 Å². The quantitative estimate of drug-likeness (QED) is 0.0398. The molecule has 0 amide bonds. The van der Waals surface area contributed by atoms with Crippen molar-refractivity contribution in [3.63, 3.8) is 0 Å². The molecule has 0 aromatic rings. The van der Waals surface area contributed by atoms with Crippen molar-refractivity contribution < 1.29 is 70.0 Å². The summed E-state index contributed by atoms with van der Waals surface area (Å²) >= 11 is 0. The summed E-state index contributed by atoms with van der Waals surface area (Å²) < 4.78 is 88.9. The number of aliphatic hydroxyl groups excluding tert-OH is 1. The van der Waals surface area contributed by atoms with Crippen LogP contribution in [0.4, 0.5) is 8.96 Å². The molecule has 0 saturated carbocycles. The van der Waals surface area contributed by atoms with Crippen molar-refractivity contribution >= 4 is 23.5 Å². The molecule has 0 aliphatic rings. The number of halogens is 2. The summed E-state index contributed by atoms with van der Waals surface area (Å²) in [6, 6.07) is -1.34. The van der Waals surface area contributed by atoms with E-state index >= 15 is 0 Å². The molecule has 7 N–H and O–H groups in total. The van der Waals surface area contributed by atoms with Gasteiger partial charge in [-0.15, -0.1) is 8.96 Å². The van der Waals surface area contributed by atoms with Crippen molar-refractivity contribution in [1.29, 1.82) is 0 Å². The van der Waals surface area contributed by atoms with E-state index in [1.54, 1.807) is 19.4 Å². The first-order chi connectivity index (χ1) is 20.7.